The predicted molar refractivity (Wildman–Crippen MR) is 90.2 cm³/mol. The van der Waals surface area contributed by atoms with E-state index in [1.165, 1.54) is 12.1 Å². The lowest BCUT2D eigenvalue weighted by Crippen LogP contribution is -2.43. The first-order chi connectivity index (χ1) is 11.2. The zero-order valence-electron chi connectivity index (χ0n) is 14.8. The maximum absolute atomic E-state index is 13.0. The molecule has 1 fully saturated rings. The van der Waals surface area contributed by atoms with Crippen molar-refractivity contribution in [2.24, 2.45) is 0 Å². The highest BCUT2D eigenvalue weighted by Gasteiger charge is 2.31. The first-order valence-corrected chi connectivity index (χ1v) is 8.33. The van der Waals surface area contributed by atoms with Gasteiger partial charge in [0.1, 0.15) is 11.4 Å². The minimum absolute atomic E-state index is 0.0996. The number of hydrogen-bond donors (Lipinski definition) is 2. The normalized spacial score (nSPS) is 20.8. The van der Waals surface area contributed by atoms with Gasteiger partial charge in [-0.3, -0.25) is 0 Å². The van der Waals surface area contributed by atoms with E-state index in [4.69, 9.17) is 4.74 Å². The smallest absolute Gasteiger partial charge is 0.410 e. The molecular weight excluding hydrogens is 311 g/mol. The molecule has 0 spiro atoms. The summed E-state index contributed by atoms with van der Waals surface area (Å²) in [6.07, 6.45) is -0.237. The zero-order valence-corrected chi connectivity index (χ0v) is 14.8. The maximum atomic E-state index is 13.0. The van der Waals surface area contributed by atoms with Gasteiger partial charge >= 0.3 is 6.09 Å². The van der Waals surface area contributed by atoms with E-state index in [2.05, 4.69) is 5.32 Å². The van der Waals surface area contributed by atoms with Crippen LogP contribution in [0.5, 0.6) is 0 Å². The molecule has 1 saturated heterocycles. The summed E-state index contributed by atoms with van der Waals surface area (Å²) in [7, 11) is 0. The average Bonchev–Trinajstić information content (AvgIpc) is 2.94. The molecule has 3 atom stereocenters. The van der Waals surface area contributed by atoms with Crippen LogP contribution in [-0.2, 0) is 4.74 Å². The molecule has 134 valence electrons. The molecule has 1 aliphatic heterocycles. The van der Waals surface area contributed by atoms with E-state index < -0.39 is 11.7 Å². The van der Waals surface area contributed by atoms with Crippen molar-refractivity contribution in [3.8, 4) is 0 Å². The summed E-state index contributed by atoms with van der Waals surface area (Å²) in [5.41, 5.74) is 0.160. The van der Waals surface area contributed by atoms with E-state index in [1.54, 1.807) is 17.0 Å². The fourth-order valence-electron chi connectivity index (χ4n) is 2.80. The van der Waals surface area contributed by atoms with Gasteiger partial charge in [0.15, 0.2) is 0 Å². The van der Waals surface area contributed by atoms with Crippen LogP contribution >= 0.6 is 0 Å². The van der Waals surface area contributed by atoms with Gasteiger partial charge in [0.05, 0.1) is 6.10 Å². The lowest BCUT2D eigenvalue weighted by atomic mass is 10.0. The molecule has 6 heteroatoms. The molecule has 1 aliphatic rings. The van der Waals surface area contributed by atoms with Crippen LogP contribution in [0.3, 0.4) is 0 Å². The fourth-order valence-corrected chi connectivity index (χ4v) is 2.80. The summed E-state index contributed by atoms with van der Waals surface area (Å²) >= 11 is 0. The van der Waals surface area contributed by atoms with Crippen LogP contribution in [0.15, 0.2) is 24.3 Å². The number of aliphatic hydroxyl groups is 1. The highest BCUT2D eigenvalue weighted by atomic mass is 19.1. The third-order valence-corrected chi connectivity index (χ3v) is 4.02. The second kappa shape index (κ2) is 7.49. The quantitative estimate of drug-likeness (QED) is 0.886. The minimum atomic E-state index is -0.735. The summed E-state index contributed by atoms with van der Waals surface area (Å²) in [6.45, 7) is 8.60. The van der Waals surface area contributed by atoms with Gasteiger partial charge in [-0.15, -0.1) is 0 Å². The molecule has 5 nitrogen and oxygen atoms in total. The Labute approximate surface area is 142 Å². The lowest BCUT2D eigenvalue weighted by molar-refractivity contribution is 0.0289. The number of aliphatic hydroxyl groups excluding tert-OH is 1. The first kappa shape index (κ1) is 18.7. The topological polar surface area (TPSA) is 61.8 Å². The van der Waals surface area contributed by atoms with Crippen LogP contribution in [0.4, 0.5) is 9.18 Å². The maximum Gasteiger partial charge on any atom is 0.410 e. The number of likely N-dealkylation sites (tertiary alicyclic amines) is 1. The highest BCUT2D eigenvalue weighted by Crippen LogP contribution is 2.20. The number of carbonyl (C=O) groups is 1. The van der Waals surface area contributed by atoms with E-state index >= 15 is 0 Å². The summed E-state index contributed by atoms with van der Waals surface area (Å²) < 4.78 is 18.3. The molecule has 0 aromatic heterocycles. The predicted octanol–water partition coefficient (Wildman–Crippen LogP) is 2.85. The summed E-state index contributed by atoms with van der Waals surface area (Å²) in [4.78, 5) is 13.8. The Hall–Kier alpha value is -1.66. The lowest BCUT2D eigenvalue weighted by Gasteiger charge is -2.26. The number of halogens is 1. The fraction of sp³-hybridized carbons (Fsp3) is 0.611. The summed E-state index contributed by atoms with van der Waals surface area (Å²) in [5, 5.41) is 13.7. The van der Waals surface area contributed by atoms with Crippen molar-refractivity contribution in [2.75, 3.05) is 13.1 Å². The molecule has 0 radical (unpaired) electrons. The Morgan fingerprint density at radius 3 is 2.58 bits per heavy atom. The molecular formula is C18H27FN2O3. The second-order valence-corrected chi connectivity index (χ2v) is 7.36. The zero-order chi connectivity index (χ0) is 17.9. The molecule has 24 heavy (non-hydrogen) atoms. The van der Waals surface area contributed by atoms with Crippen molar-refractivity contribution in [2.45, 2.75) is 57.9 Å². The van der Waals surface area contributed by atoms with Crippen LogP contribution in [-0.4, -0.2) is 46.9 Å². The van der Waals surface area contributed by atoms with Gasteiger partial charge in [0.2, 0.25) is 0 Å². The van der Waals surface area contributed by atoms with Crippen LogP contribution in [0.1, 0.15) is 45.8 Å². The van der Waals surface area contributed by atoms with E-state index in [9.17, 15) is 14.3 Å². The molecule has 1 aromatic carbocycles. The van der Waals surface area contributed by atoms with Gasteiger partial charge in [0, 0.05) is 25.2 Å². The molecule has 1 aromatic rings. The standard InChI is InChI=1S/C18H27FN2O3/c1-12(16(22)13-5-7-14(19)8-6-13)20-15-9-10-21(11-15)17(23)24-18(2,3)4/h5-8,12,15-16,20,22H,9-11H2,1-4H3. The molecule has 2 rings (SSSR count). The number of nitrogens with one attached hydrogen (secondary N) is 1. The van der Waals surface area contributed by atoms with E-state index in [-0.39, 0.29) is 24.0 Å². The van der Waals surface area contributed by atoms with Crippen molar-refractivity contribution >= 4 is 6.09 Å². The van der Waals surface area contributed by atoms with Gasteiger partial charge in [-0.1, -0.05) is 12.1 Å². The monoisotopic (exact) mass is 338 g/mol. The van der Waals surface area contributed by atoms with Crippen LogP contribution < -0.4 is 5.32 Å². The Kier molecular flexibility index (Phi) is 5.83. The number of benzene rings is 1. The number of nitrogens with zero attached hydrogens (tertiary/aromatic N) is 1. The van der Waals surface area contributed by atoms with Crippen molar-refractivity contribution in [1.29, 1.82) is 0 Å². The Morgan fingerprint density at radius 2 is 2.00 bits per heavy atom. The Bertz CT molecular complexity index is 556. The van der Waals surface area contributed by atoms with Crippen LogP contribution in [0, 0.1) is 5.82 Å². The number of carbonyl (C=O) groups excluding carboxylic acids is 1. The van der Waals surface area contributed by atoms with Gasteiger partial charge in [-0.05, 0) is 51.8 Å². The second-order valence-electron chi connectivity index (χ2n) is 7.36. The van der Waals surface area contributed by atoms with Gasteiger partial charge in [-0.25, -0.2) is 9.18 Å². The van der Waals surface area contributed by atoms with Crippen LogP contribution in [0.25, 0.3) is 0 Å². The Morgan fingerprint density at radius 1 is 1.38 bits per heavy atom. The molecule has 2 N–H and O–H groups in total. The van der Waals surface area contributed by atoms with Gasteiger partial charge in [-0.2, -0.15) is 0 Å². The van der Waals surface area contributed by atoms with Crippen LogP contribution in [0.2, 0.25) is 0 Å². The molecule has 1 amide bonds. The van der Waals surface area contributed by atoms with Crippen molar-refractivity contribution in [3.63, 3.8) is 0 Å². The summed E-state index contributed by atoms with van der Waals surface area (Å²) in [5.74, 6) is -0.324. The van der Waals surface area contributed by atoms with E-state index in [1.807, 2.05) is 27.7 Å². The summed E-state index contributed by atoms with van der Waals surface area (Å²) in [6, 6.07) is 5.73. The molecule has 0 bridgehead atoms. The van der Waals surface area contributed by atoms with Crippen molar-refractivity contribution in [3.05, 3.63) is 35.6 Å². The first-order valence-electron chi connectivity index (χ1n) is 8.33. The molecule has 0 saturated carbocycles. The third-order valence-electron chi connectivity index (χ3n) is 4.02. The number of ether oxygens (including phenoxy) is 1. The van der Waals surface area contributed by atoms with E-state index in [0.717, 1.165) is 6.42 Å². The van der Waals surface area contributed by atoms with Gasteiger partial charge < -0.3 is 20.1 Å². The number of hydrogen-bond acceptors (Lipinski definition) is 4. The Balaban J connectivity index is 1.86. The molecule has 1 heterocycles. The third kappa shape index (κ3) is 5.18. The molecule has 3 unspecified atom stereocenters. The number of amides is 1. The largest absolute Gasteiger partial charge is 0.444 e. The molecule has 0 aliphatic carbocycles. The van der Waals surface area contributed by atoms with Crippen molar-refractivity contribution < 1.29 is 19.0 Å². The van der Waals surface area contributed by atoms with Gasteiger partial charge in [0.25, 0.3) is 0 Å². The van der Waals surface area contributed by atoms with E-state index in [0.29, 0.717) is 18.7 Å². The number of rotatable bonds is 4. The SMILES string of the molecule is CC(NC1CCN(C(=O)OC(C)(C)C)C1)C(O)c1ccc(F)cc1. The average molecular weight is 338 g/mol. The highest BCUT2D eigenvalue weighted by molar-refractivity contribution is 5.68. The van der Waals surface area contributed by atoms with Crippen molar-refractivity contribution in [1.82, 2.24) is 10.2 Å². The minimum Gasteiger partial charge on any atom is -0.444 e.